The zero-order chi connectivity index (χ0) is 10.8. The SMILES string of the molecule is CN1CCC(C2CC(C(=O)O)CCN2)C1. The number of carboxylic acid groups (broad SMARTS) is 1. The number of carbonyl (C=O) groups is 1. The van der Waals surface area contributed by atoms with Gasteiger partial charge in [0.1, 0.15) is 0 Å². The van der Waals surface area contributed by atoms with Gasteiger partial charge in [-0.1, -0.05) is 0 Å². The summed E-state index contributed by atoms with van der Waals surface area (Å²) in [7, 11) is 2.14. The molecule has 0 spiro atoms. The molecule has 2 N–H and O–H groups in total. The molecular formula is C11H20N2O2. The van der Waals surface area contributed by atoms with Gasteiger partial charge in [0, 0.05) is 12.6 Å². The molecule has 2 aliphatic heterocycles. The minimum Gasteiger partial charge on any atom is -0.481 e. The van der Waals surface area contributed by atoms with Crippen molar-refractivity contribution in [2.75, 3.05) is 26.7 Å². The van der Waals surface area contributed by atoms with E-state index in [1.165, 1.54) is 6.42 Å². The molecule has 0 aromatic heterocycles. The Bertz CT molecular complexity index is 245. The maximum absolute atomic E-state index is 10.9. The molecule has 2 aliphatic rings. The lowest BCUT2D eigenvalue weighted by atomic mass is 9.85. The molecule has 0 radical (unpaired) electrons. The van der Waals surface area contributed by atoms with E-state index in [-0.39, 0.29) is 5.92 Å². The summed E-state index contributed by atoms with van der Waals surface area (Å²) in [6, 6.07) is 0.421. The quantitative estimate of drug-likeness (QED) is 0.695. The lowest BCUT2D eigenvalue weighted by Gasteiger charge is -2.32. The average Bonchev–Trinajstić information content (AvgIpc) is 2.65. The fraction of sp³-hybridized carbons (Fsp3) is 0.909. The summed E-state index contributed by atoms with van der Waals surface area (Å²) in [5, 5.41) is 12.5. The first-order valence-electron chi connectivity index (χ1n) is 5.81. The summed E-state index contributed by atoms with van der Waals surface area (Å²) in [6.07, 6.45) is 2.81. The zero-order valence-corrected chi connectivity index (χ0v) is 9.28. The van der Waals surface area contributed by atoms with Crippen LogP contribution in [0.5, 0.6) is 0 Å². The Labute approximate surface area is 90.6 Å². The first-order chi connectivity index (χ1) is 7.16. The highest BCUT2D eigenvalue weighted by atomic mass is 16.4. The Kier molecular flexibility index (Phi) is 3.26. The standard InChI is InChI=1S/C11H20N2O2/c1-13-5-3-9(7-13)10-6-8(11(14)15)2-4-12-10/h8-10,12H,2-7H2,1H3,(H,14,15). The molecule has 2 heterocycles. The van der Waals surface area contributed by atoms with Gasteiger partial charge in [-0.2, -0.15) is 0 Å². The second kappa shape index (κ2) is 4.49. The molecule has 0 aliphatic carbocycles. The minimum atomic E-state index is -0.618. The van der Waals surface area contributed by atoms with Crippen molar-refractivity contribution < 1.29 is 9.90 Å². The maximum Gasteiger partial charge on any atom is 0.306 e. The van der Waals surface area contributed by atoms with Crippen molar-refractivity contribution in [1.82, 2.24) is 10.2 Å². The van der Waals surface area contributed by atoms with E-state index in [1.807, 2.05) is 0 Å². The highest BCUT2D eigenvalue weighted by Gasteiger charge is 2.33. The van der Waals surface area contributed by atoms with Crippen molar-refractivity contribution in [3.8, 4) is 0 Å². The van der Waals surface area contributed by atoms with Crippen LogP contribution in [-0.2, 0) is 4.79 Å². The average molecular weight is 212 g/mol. The summed E-state index contributed by atoms with van der Waals surface area (Å²) >= 11 is 0. The van der Waals surface area contributed by atoms with Crippen LogP contribution in [0.3, 0.4) is 0 Å². The highest BCUT2D eigenvalue weighted by molar-refractivity contribution is 5.70. The van der Waals surface area contributed by atoms with Gasteiger partial charge in [0.15, 0.2) is 0 Å². The molecule has 0 aromatic carbocycles. The van der Waals surface area contributed by atoms with Gasteiger partial charge in [0.2, 0.25) is 0 Å². The van der Waals surface area contributed by atoms with Crippen molar-refractivity contribution in [3.63, 3.8) is 0 Å². The van der Waals surface area contributed by atoms with Crippen LogP contribution in [0.15, 0.2) is 0 Å². The van der Waals surface area contributed by atoms with Gasteiger partial charge in [-0.15, -0.1) is 0 Å². The lowest BCUT2D eigenvalue weighted by molar-refractivity contribution is -0.143. The molecule has 2 fully saturated rings. The monoisotopic (exact) mass is 212 g/mol. The Morgan fingerprint density at radius 3 is 2.87 bits per heavy atom. The van der Waals surface area contributed by atoms with Gasteiger partial charge < -0.3 is 15.3 Å². The first-order valence-corrected chi connectivity index (χ1v) is 5.81. The number of rotatable bonds is 2. The predicted octanol–water partition coefficient (Wildman–Crippen LogP) is 0.391. The van der Waals surface area contributed by atoms with Gasteiger partial charge in [-0.3, -0.25) is 4.79 Å². The lowest BCUT2D eigenvalue weighted by Crippen LogP contribution is -2.45. The number of hydrogen-bond donors (Lipinski definition) is 2. The van der Waals surface area contributed by atoms with Gasteiger partial charge in [0.05, 0.1) is 5.92 Å². The number of carboxylic acids is 1. The fourth-order valence-electron chi connectivity index (χ4n) is 2.83. The Morgan fingerprint density at radius 2 is 2.27 bits per heavy atom. The van der Waals surface area contributed by atoms with Crippen molar-refractivity contribution >= 4 is 5.97 Å². The Hall–Kier alpha value is -0.610. The van der Waals surface area contributed by atoms with Gasteiger partial charge in [-0.05, 0) is 45.3 Å². The van der Waals surface area contributed by atoms with E-state index < -0.39 is 5.97 Å². The van der Waals surface area contributed by atoms with E-state index in [0.29, 0.717) is 12.0 Å². The molecule has 0 aromatic rings. The van der Waals surface area contributed by atoms with E-state index in [4.69, 9.17) is 5.11 Å². The van der Waals surface area contributed by atoms with Gasteiger partial charge in [-0.25, -0.2) is 0 Å². The molecule has 3 unspecified atom stereocenters. The second-order valence-corrected chi connectivity index (χ2v) is 4.93. The van der Waals surface area contributed by atoms with Gasteiger partial charge in [0.25, 0.3) is 0 Å². The Morgan fingerprint density at radius 1 is 1.47 bits per heavy atom. The molecule has 15 heavy (non-hydrogen) atoms. The number of nitrogens with zero attached hydrogens (tertiary/aromatic N) is 1. The summed E-state index contributed by atoms with van der Waals surface area (Å²) < 4.78 is 0. The van der Waals surface area contributed by atoms with Crippen LogP contribution in [0.1, 0.15) is 19.3 Å². The third-order valence-corrected chi connectivity index (χ3v) is 3.78. The third kappa shape index (κ3) is 2.49. The topological polar surface area (TPSA) is 52.6 Å². The van der Waals surface area contributed by atoms with E-state index in [9.17, 15) is 4.79 Å². The molecule has 4 heteroatoms. The van der Waals surface area contributed by atoms with Crippen LogP contribution < -0.4 is 5.32 Å². The zero-order valence-electron chi connectivity index (χ0n) is 9.28. The summed E-state index contributed by atoms with van der Waals surface area (Å²) in [6.45, 7) is 3.13. The molecule has 0 bridgehead atoms. The van der Waals surface area contributed by atoms with Crippen LogP contribution in [0, 0.1) is 11.8 Å². The van der Waals surface area contributed by atoms with Crippen LogP contribution in [0.2, 0.25) is 0 Å². The normalized spacial score (nSPS) is 38.1. The van der Waals surface area contributed by atoms with Crippen molar-refractivity contribution in [1.29, 1.82) is 0 Å². The van der Waals surface area contributed by atoms with Crippen LogP contribution in [0.25, 0.3) is 0 Å². The second-order valence-electron chi connectivity index (χ2n) is 4.93. The number of piperidine rings is 1. The minimum absolute atomic E-state index is 0.123. The van der Waals surface area contributed by atoms with E-state index in [0.717, 1.165) is 32.5 Å². The third-order valence-electron chi connectivity index (χ3n) is 3.78. The van der Waals surface area contributed by atoms with E-state index in [1.54, 1.807) is 0 Å². The van der Waals surface area contributed by atoms with Crippen LogP contribution in [-0.4, -0.2) is 48.7 Å². The highest BCUT2D eigenvalue weighted by Crippen LogP contribution is 2.26. The largest absolute Gasteiger partial charge is 0.481 e. The molecule has 2 saturated heterocycles. The Balaban J connectivity index is 1.90. The maximum atomic E-state index is 10.9. The van der Waals surface area contributed by atoms with E-state index in [2.05, 4.69) is 17.3 Å². The van der Waals surface area contributed by atoms with Crippen LogP contribution >= 0.6 is 0 Å². The summed E-state index contributed by atoms with van der Waals surface area (Å²) in [5.74, 6) is -0.0906. The fourth-order valence-corrected chi connectivity index (χ4v) is 2.83. The van der Waals surface area contributed by atoms with E-state index >= 15 is 0 Å². The predicted molar refractivity (Wildman–Crippen MR) is 57.8 cm³/mol. The number of likely N-dealkylation sites (tertiary alicyclic amines) is 1. The van der Waals surface area contributed by atoms with Crippen LogP contribution in [0.4, 0.5) is 0 Å². The summed E-state index contributed by atoms with van der Waals surface area (Å²) in [4.78, 5) is 13.3. The molecule has 3 atom stereocenters. The van der Waals surface area contributed by atoms with Crippen molar-refractivity contribution in [2.45, 2.75) is 25.3 Å². The van der Waals surface area contributed by atoms with Crippen molar-refractivity contribution in [3.05, 3.63) is 0 Å². The number of nitrogens with one attached hydrogen (secondary N) is 1. The number of hydrogen-bond acceptors (Lipinski definition) is 3. The molecule has 4 nitrogen and oxygen atoms in total. The molecule has 0 saturated carbocycles. The number of aliphatic carboxylic acids is 1. The first kappa shape index (κ1) is 10.9. The molecule has 2 rings (SSSR count). The van der Waals surface area contributed by atoms with Gasteiger partial charge >= 0.3 is 5.97 Å². The summed E-state index contributed by atoms with van der Waals surface area (Å²) in [5.41, 5.74) is 0. The smallest absolute Gasteiger partial charge is 0.306 e. The molecular weight excluding hydrogens is 192 g/mol. The van der Waals surface area contributed by atoms with Crippen molar-refractivity contribution in [2.24, 2.45) is 11.8 Å². The molecule has 0 amide bonds. The molecule has 86 valence electrons.